The average molecular weight is 293 g/mol. The van der Waals surface area contributed by atoms with E-state index < -0.39 is 6.04 Å². The number of carbonyl (C=O) groups is 1. The molecule has 0 spiro atoms. The molecule has 1 amide bonds. The van der Waals surface area contributed by atoms with Crippen molar-refractivity contribution in [3.05, 3.63) is 64.9 Å². The van der Waals surface area contributed by atoms with Crippen molar-refractivity contribution in [3.63, 3.8) is 0 Å². The normalized spacial score (nSPS) is 16.8. The number of hydrogen-bond acceptors (Lipinski definition) is 3. The van der Waals surface area contributed by atoms with Crippen LogP contribution in [0.5, 0.6) is 0 Å². The second-order valence-corrected chi connectivity index (χ2v) is 5.30. The summed E-state index contributed by atoms with van der Waals surface area (Å²) in [5, 5.41) is 3.85. The Labute approximate surface area is 126 Å². The number of anilines is 1. The number of amides is 1. The molecule has 4 nitrogen and oxygen atoms in total. The predicted molar refractivity (Wildman–Crippen MR) is 83.8 cm³/mol. The standard InChI is InChI=1S/C16H11N3OS/c20-15-13(10-6-2-1-3-7-10)19-14(18-15)11-8-4-5-9-12(11)17-16(19)21/h1-9,13H,(H,18,20). The zero-order chi connectivity index (χ0) is 14.4. The number of rotatable bonds is 1. The SMILES string of the molecule is O=C1Nc2c3ccccc3nc(=S)n2C1c1ccccc1. The maximum atomic E-state index is 12.4. The van der Waals surface area contributed by atoms with Crippen molar-refractivity contribution in [2.75, 3.05) is 5.32 Å². The second kappa shape index (κ2) is 4.49. The summed E-state index contributed by atoms with van der Waals surface area (Å²) in [4.78, 5) is 16.9. The lowest BCUT2D eigenvalue weighted by molar-refractivity contribution is -0.117. The summed E-state index contributed by atoms with van der Waals surface area (Å²) in [5.74, 6) is 0.648. The van der Waals surface area contributed by atoms with Crippen LogP contribution in [0.1, 0.15) is 11.6 Å². The van der Waals surface area contributed by atoms with Gasteiger partial charge >= 0.3 is 0 Å². The Balaban J connectivity index is 2.04. The number of fused-ring (bicyclic) bond motifs is 3. The zero-order valence-electron chi connectivity index (χ0n) is 11.0. The minimum absolute atomic E-state index is 0.0783. The van der Waals surface area contributed by atoms with Crippen LogP contribution >= 0.6 is 12.2 Å². The van der Waals surface area contributed by atoms with E-state index in [1.165, 1.54) is 0 Å². The average Bonchev–Trinajstić information content (AvgIpc) is 2.86. The lowest BCUT2D eigenvalue weighted by atomic mass is 10.1. The smallest absolute Gasteiger partial charge is 0.253 e. The molecule has 0 radical (unpaired) electrons. The minimum atomic E-state index is -0.453. The number of nitrogens with one attached hydrogen (secondary N) is 1. The molecular formula is C16H11N3OS. The van der Waals surface area contributed by atoms with E-state index in [9.17, 15) is 4.79 Å². The van der Waals surface area contributed by atoms with Gasteiger partial charge < -0.3 is 5.32 Å². The molecule has 1 aliphatic rings. The Morgan fingerprint density at radius 1 is 1.05 bits per heavy atom. The fraction of sp³-hybridized carbons (Fsp3) is 0.0625. The van der Waals surface area contributed by atoms with Gasteiger partial charge in [-0.25, -0.2) is 4.98 Å². The van der Waals surface area contributed by atoms with E-state index in [1.807, 2.05) is 54.6 Å². The zero-order valence-corrected chi connectivity index (χ0v) is 11.8. The van der Waals surface area contributed by atoms with Crippen LogP contribution in [0.2, 0.25) is 0 Å². The fourth-order valence-electron chi connectivity index (χ4n) is 2.76. The Kier molecular flexibility index (Phi) is 2.62. The van der Waals surface area contributed by atoms with Gasteiger partial charge in [-0.15, -0.1) is 0 Å². The molecule has 21 heavy (non-hydrogen) atoms. The fourth-order valence-corrected chi connectivity index (χ4v) is 3.05. The van der Waals surface area contributed by atoms with Crippen LogP contribution in [0.4, 0.5) is 5.82 Å². The summed E-state index contributed by atoms with van der Waals surface area (Å²) >= 11 is 5.40. The highest BCUT2D eigenvalue weighted by molar-refractivity contribution is 7.71. The predicted octanol–water partition coefficient (Wildman–Crippen LogP) is 3.31. The van der Waals surface area contributed by atoms with E-state index in [1.54, 1.807) is 4.57 Å². The number of benzene rings is 2. The number of nitrogens with zero attached hydrogens (tertiary/aromatic N) is 2. The first-order chi connectivity index (χ1) is 10.3. The van der Waals surface area contributed by atoms with E-state index >= 15 is 0 Å². The molecule has 5 heteroatoms. The Hall–Kier alpha value is -2.53. The van der Waals surface area contributed by atoms with Gasteiger partial charge in [-0.1, -0.05) is 42.5 Å². The van der Waals surface area contributed by atoms with Crippen LogP contribution in [-0.2, 0) is 4.79 Å². The molecule has 1 aliphatic heterocycles. The van der Waals surface area contributed by atoms with Crippen LogP contribution in [-0.4, -0.2) is 15.5 Å². The van der Waals surface area contributed by atoms with E-state index in [4.69, 9.17) is 12.2 Å². The molecule has 1 atom stereocenters. The van der Waals surface area contributed by atoms with Gasteiger partial charge in [0, 0.05) is 5.39 Å². The molecule has 1 aromatic heterocycles. The van der Waals surface area contributed by atoms with Crippen molar-refractivity contribution in [3.8, 4) is 0 Å². The number of carbonyl (C=O) groups excluding carboxylic acids is 1. The first-order valence-corrected chi connectivity index (χ1v) is 7.03. The van der Waals surface area contributed by atoms with Crippen molar-refractivity contribution in [1.29, 1.82) is 0 Å². The van der Waals surface area contributed by atoms with Crippen molar-refractivity contribution in [2.45, 2.75) is 6.04 Å². The van der Waals surface area contributed by atoms with Crippen molar-refractivity contribution in [1.82, 2.24) is 9.55 Å². The van der Waals surface area contributed by atoms with E-state index in [2.05, 4.69) is 10.3 Å². The number of hydrogen-bond donors (Lipinski definition) is 1. The third-order valence-corrected chi connectivity index (χ3v) is 3.97. The van der Waals surface area contributed by atoms with Gasteiger partial charge in [0.05, 0.1) is 5.52 Å². The quantitative estimate of drug-likeness (QED) is 0.700. The molecule has 1 N–H and O–H groups in total. The number of para-hydroxylation sites is 1. The third kappa shape index (κ3) is 1.78. The van der Waals surface area contributed by atoms with Gasteiger partial charge in [-0.05, 0) is 29.9 Å². The Morgan fingerprint density at radius 2 is 1.76 bits per heavy atom. The van der Waals surface area contributed by atoms with Gasteiger partial charge in [0.25, 0.3) is 5.91 Å². The van der Waals surface area contributed by atoms with Crippen LogP contribution in [0, 0.1) is 4.77 Å². The largest absolute Gasteiger partial charge is 0.309 e. The molecule has 0 bridgehead atoms. The Bertz CT molecular complexity index is 918. The summed E-state index contributed by atoms with van der Waals surface area (Å²) in [6, 6.07) is 16.8. The molecule has 102 valence electrons. The molecule has 4 rings (SSSR count). The van der Waals surface area contributed by atoms with E-state index in [0.717, 1.165) is 22.3 Å². The summed E-state index contributed by atoms with van der Waals surface area (Å²) in [5.41, 5.74) is 1.70. The highest BCUT2D eigenvalue weighted by Gasteiger charge is 2.33. The lowest BCUT2D eigenvalue weighted by Gasteiger charge is -2.13. The molecular weight excluding hydrogens is 282 g/mol. The maximum Gasteiger partial charge on any atom is 0.253 e. The Morgan fingerprint density at radius 3 is 2.57 bits per heavy atom. The molecule has 0 aliphatic carbocycles. The van der Waals surface area contributed by atoms with E-state index in [-0.39, 0.29) is 5.91 Å². The summed E-state index contributed by atoms with van der Waals surface area (Å²) in [6.45, 7) is 0. The van der Waals surface area contributed by atoms with Crippen LogP contribution in [0.15, 0.2) is 54.6 Å². The molecule has 1 unspecified atom stereocenters. The number of aromatic nitrogens is 2. The highest BCUT2D eigenvalue weighted by atomic mass is 32.1. The van der Waals surface area contributed by atoms with Crippen LogP contribution < -0.4 is 5.32 Å². The summed E-state index contributed by atoms with van der Waals surface area (Å²) < 4.78 is 2.21. The van der Waals surface area contributed by atoms with Gasteiger partial charge in [0.2, 0.25) is 4.77 Å². The van der Waals surface area contributed by atoms with E-state index in [0.29, 0.717) is 4.77 Å². The second-order valence-electron chi connectivity index (χ2n) is 4.93. The monoisotopic (exact) mass is 293 g/mol. The first-order valence-electron chi connectivity index (χ1n) is 6.63. The van der Waals surface area contributed by atoms with Gasteiger partial charge in [0.1, 0.15) is 11.9 Å². The molecule has 0 saturated carbocycles. The van der Waals surface area contributed by atoms with Crippen molar-refractivity contribution >= 4 is 34.8 Å². The topological polar surface area (TPSA) is 46.9 Å². The molecule has 3 aromatic rings. The molecule has 0 fully saturated rings. The van der Waals surface area contributed by atoms with Crippen LogP contribution in [0.3, 0.4) is 0 Å². The minimum Gasteiger partial charge on any atom is -0.309 e. The first kappa shape index (κ1) is 12.2. The van der Waals surface area contributed by atoms with Crippen LogP contribution in [0.25, 0.3) is 10.9 Å². The summed E-state index contributed by atoms with van der Waals surface area (Å²) in [7, 11) is 0. The molecule has 0 saturated heterocycles. The van der Waals surface area contributed by atoms with Crippen molar-refractivity contribution < 1.29 is 4.79 Å². The van der Waals surface area contributed by atoms with Crippen molar-refractivity contribution in [2.24, 2.45) is 0 Å². The lowest BCUT2D eigenvalue weighted by Crippen LogP contribution is -2.17. The summed E-state index contributed by atoms with van der Waals surface area (Å²) in [6.07, 6.45) is 0. The molecule has 2 aromatic carbocycles. The maximum absolute atomic E-state index is 12.4. The third-order valence-electron chi connectivity index (χ3n) is 3.69. The van der Waals surface area contributed by atoms with Gasteiger partial charge in [-0.2, -0.15) is 0 Å². The highest BCUT2D eigenvalue weighted by Crippen LogP contribution is 2.34. The van der Waals surface area contributed by atoms with Gasteiger partial charge in [0.15, 0.2) is 0 Å². The molecule has 2 heterocycles. The van der Waals surface area contributed by atoms with Gasteiger partial charge in [-0.3, -0.25) is 9.36 Å².